The van der Waals surface area contributed by atoms with Gasteiger partial charge in [-0.05, 0) is 33.1 Å². The molecule has 0 aromatic rings. The lowest BCUT2D eigenvalue weighted by molar-refractivity contribution is -0.121. The van der Waals surface area contributed by atoms with Gasteiger partial charge in [0.25, 0.3) is 0 Å². The number of guanidine groups is 1. The van der Waals surface area contributed by atoms with E-state index < -0.39 is 0 Å². The quantitative estimate of drug-likeness (QED) is 0.298. The van der Waals surface area contributed by atoms with Gasteiger partial charge in [-0.1, -0.05) is 0 Å². The van der Waals surface area contributed by atoms with Crippen LogP contribution >= 0.6 is 35.7 Å². The molecule has 1 heterocycles. The molecule has 0 aromatic heterocycles. The number of hydrogen-bond acceptors (Lipinski definition) is 3. The van der Waals surface area contributed by atoms with Crippen LogP contribution in [0.2, 0.25) is 0 Å². The van der Waals surface area contributed by atoms with Crippen molar-refractivity contribution >= 4 is 47.6 Å². The van der Waals surface area contributed by atoms with Crippen LogP contribution in [0.4, 0.5) is 0 Å². The number of nitrogens with one attached hydrogen (secondary N) is 2. The first-order valence-electron chi connectivity index (χ1n) is 7.89. The normalized spacial score (nSPS) is 21.0. The third kappa shape index (κ3) is 6.93. The Bertz CT molecular complexity index is 399. The average Bonchev–Trinajstić information content (AvgIpc) is 3.21. The van der Waals surface area contributed by atoms with E-state index in [0.717, 1.165) is 50.6 Å². The van der Waals surface area contributed by atoms with Crippen LogP contribution in [0.15, 0.2) is 4.99 Å². The third-order valence-electron chi connectivity index (χ3n) is 3.74. The molecular weight excluding hydrogens is 411 g/mol. The highest BCUT2D eigenvalue weighted by atomic mass is 127. The summed E-state index contributed by atoms with van der Waals surface area (Å²) in [7, 11) is 1.83. The molecule has 1 saturated heterocycles. The summed E-state index contributed by atoms with van der Waals surface area (Å²) in [6.07, 6.45) is 3.75. The molecule has 1 saturated carbocycles. The Kier molecular flexibility index (Phi) is 8.31. The maximum Gasteiger partial charge on any atom is 0.220 e. The number of hydrogen-bond donors (Lipinski definition) is 2. The number of halogens is 1. The summed E-state index contributed by atoms with van der Waals surface area (Å²) in [5, 5.41) is 6.41. The van der Waals surface area contributed by atoms with Gasteiger partial charge in [-0.25, -0.2) is 0 Å². The number of carbonyl (C=O) groups is 1. The highest BCUT2D eigenvalue weighted by molar-refractivity contribution is 14.0. The lowest BCUT2D eigenvalue weighted by atomic mass is 10.2. The second kappa shape index (κ2) is 9.20. The molecule has 2 rings (SSSR count). The molecule has 0 aromatic carbocycles. The fraction of sp³-hybridized carbons (Fsp3) is 0.867. The van der Waals surface area contributed by atoms with Crippen molar-refractivity contribution in [3.63, 3.8) is 0 Å². The van der Waals surface area contributed by atoms with Crippen LogP contribution in [0, 0.1) is 0 Å². The Balaban J connectivity index is 0.00000242. The van der Waals surface area contributed by atoms with E-state index in [0.29, 0.717) is 12.5 Å². The van der Waals surface area contributed by atoms with Crippen molar-refractivity contribution in [1.82, 2.24) is 15.5 Å². The highest BCUT2D eigenvalue weighted by Gasteiger charge is 2.28. The van der Waals surface area contributed by atoms with Crippen LogP contribution in [0.3, 0.4) is 0 Å². The van der Waals surface area contributed by atoms with Gasteiger partial charge in [0.1, 0.15) is 0 Å². The molecular formula is C15H29IN4OS. The standard InChI is InChI=1S/C15H28N4OS.HI/c1-15(2)11-19(9-10-21-15)14(16-3)17-8-4-5-13(20)18-12-6-7-12;/h12H,4-11H2,1-3H3,(H,16,17)(H,18,20);1H. The number of amides is 1. The van der Waals surface area contributed by atoms with Crippen LogP contribution in [-0.4, -0.2) is 60.0 Å². The molecule has 0 spiro atoms. The zero-order valence-electron chi connectivity index (χ0n) is 13.9. The van der Waals surface area contributed by atoms with Gasteiger partial charge in [0.05, 0.1) is 0 Å². The molecule has 2 aliphatic rings. The smallest absolute Gasteiger partial charge is 0.220 e. The van der Waals surface area contributed by atoms with E-state index >= 15 is 0 Å². The molecule has 0 unspecified atom stereocenters. The zero-order chi connectivity index (χ0) is 15.3. The van der Waals surface area contributed by atoms with Crippen molar-refractivity contribution < 1.29 is 4.79 Å². The third-order valence-corrected chi connectivity index (χ3v) is 5.04. The van der Waals surface area contributed by atoms with Crippen LogP contribution in [0.25, 0.3) is 0 Å². The monoisotopic (exact) mass is 440 g/mol. The van der Waals surface area contributed by atoms with Crippen molar-refractivity contribution in [3.8, 4) is 0 Å². The second-order valence-electron chi connectivity index (χ2n) is 6.45. The van der Waals surface area contributed by atoms with Crippen molar-refractivity contribution in [2.24, 2.45) is 4.99 Å². The molecule has 128 valence electrons. The maximum absolute atomic E-state index is 11.6. The summed E-state index contributed by atoms with van der Waals surface area (Å²) < 4.78 is 0.278. The minimum absolute atomic E-state index is 0. The molecule has 7 heteroatoms. The van der Waals surface area contributed by atoms with E-state index in [1.54, 1.807) is 0 Å². The van der Waals surface area contributed by atoms with Crippen LogP contribution in [-0.2, 0) is 4.79 Å². The van der Waals surface area contributed by atoms with E-state index in [2.05, 4.69) is 34.4 Å². The van der Waals surface area contributed by atoms with Crippen molar-refractivity contribution in [1.29, 1.82) is 0 Å². The second-order valence-corrected chi connectivity index (χ2v) is 8.25. The van der Waals surface area contributed by atoms with Crippen LogP contribution < -0.4 is 10.6 Å². The molecule has 22 heavy (non-hydrogen) atoms. The first-order chi connectivity index (χ1) is 10.00. The van der Waals surface area contributed by atoms with E-state index in [1.807, 2.05) is 18.8 Å². The van der Waals surface area contributed by atoms with Gasteiger partial charge < -0.3 is 15.5 Å². The Morgan fingerprint density at radius 3 is 2.73 bits per heavy atom. The van der Waals surface area contributed by atoms with Crippen molar-refractivity contribution in [2.75, 3.05) is 32.4 Å². The highest BCUT2D eigenvalue weighted by Crippen LogP contribution is 2.29. The summed E-state index contributed by atoms with van der Waals surface area (Å²) in [4.78, 5) is 18.3. The average molecular weight is 440 g/mol. The minimum atomic E-state index is 0. The molecule has 0 atom stereocenters. The molecule has 1 aliphatic carbocycles. The summed E-state index contributed by atoms with van der Waals surface area (Å²) in [5.74, 6) is 2.29. The summed E-state index contributed by atoms with van der Waals surface area (Å²) >= 11 is 2.02. The van der Waals surface area contributed by atoms with Crippen molar-refractivity contribution in [3.05, 3.63) is 0 Å². The number of aliphatic imine (C=N–C) groups is 1. The maximum atomic E-state index is 11.6. The number of rotatable bonds is 5. The van der Waals surface area contributed by atoms with Crippen molar-refractivity contribution in [2.45, 2.75) is 50.3 Å². The molecule has 0 radical (unpaired) electrons. The summed E-state index contributed by atoms with van der Waals surface area (Å²) in [6.45, 7) is 7.41. The molecule has 1 aliphatic heterocycles. The van der Waals surface area contributed by atoms with E-state index in [4.69, 9.17) is 0 Å². The molecule has 0 bridgehead atoms. The Morgan fingerprint density at radius 1 is 1.41 bits per heavy atom. The van der Waals surface area contributed by atoms with Gasteiger partial charge in [0, 0.05) is 49.6 Å². The Labute approximate surface area is 155 Å². The summed E-state index contributed by atoms with van der Waals surface area (Å²) in [5.41, 5.74) is 0. The van der Waals surface area contributed by atoms with Gasteiger partial charge in [-0.15, -0.1) is 24.0 Å². The van der Waals surface area contributed by atoms with E-state index in [-0.39, 0.29) is 34.6 Å². The molecule has 1 amide bonds. The lowest BCUT2D eigenvalue weighted by Crippen LogP contribution is -2.51. The fourth-order valence-electron chi connectivity index (χ4n) is 2.51. The fourth-order valence-corrected chi connectivity index (χ4v) is 3.62. The lowest BCUT2D eigenvalue weighted by Gasteiger charge is -2.39. The first kappa shape index (κ1) is 19.9. The van der Waals surface area contributed by atoms with Crippen LogP contribution in [0.1, 0.15) is 39.5 Å². The van der Waals surface area contributed by atoms with E-state index in [1.165, 1.54) is 0 Å². The van der Waals surface area contributed by atoms with E-state index in [9.17, 15) is 4.79 Å². The molecule has 2 fully saturated rings. The van der Waals surface area contributed by atoms with Gasteiger partial charge >= 0.3 is 0 Å². The minimum Gasteiger partial charge on any atom is -0.356 e. The zero-order valence-corrected chi connectivity index (χ0v) is 17.0. The number of carbonyl (C=O) groups excluding carboxylic acids is 1. The van der Waals surface area contributed by atoms with Gasteiger partial charge in [-0.3, -0.25) is 9.79 Å². The van der Waals surface area contributed by atoms with Gasteiger partial charge in [0.2, 0.25) is 5.91 Å². The largest absolute Gasteiger partial charge is 0.356 e. The van der Waals surface area contributed by atoms with Gasteiger partial charge in [0.15, 0.2) is 5.96 Å². The molecule has 5 nitrogen and oxygen atoms in total. The Morgan fingerprint density at radius 2 is 2.14 bits per heavy atom. The number of nitrogens with zero attached hydrogens (tertiary/aromatic N) is 2. The topological polar surface area (TPSA) is 56.7 Å². The van der Waals surface area contributed by atoms with Gasteiger partial charge in [-0.2, -0.15) is 11.8 Å². The first-order valence-corrected chi connectivity index (χ1v) is 8.88. The SMILES string of the molecule is CN=C(NCCCC(=O)NC1CC1)N1CCSC(C)(C)C1.I. The predicted molar refractivity (Wildman–Crippen MR) is 105 cm³/mol. The Hall–Kier alpha value is -0.180. The predicted octanol–water partition coefficient (Wildman–Crippen LogP) is 2.07. The van der Waals surface area contributed by atoms with Crippen LogP contribution in [0.5, 0.6) is 0 Å². The molecule has 2 N–H and O–H groups in total. The summed E-state index contributed by atoms with van der Waals surface area (Å²) in [6, 6.07) is 0.464. The number of thioether (sulfide) groups is 1.